The van der Waals surface area contributed by atoms with Gasteiger partial charge in [0.1, 0.15) is 5.52 Å². The second kappa shape index (κ2) is 5.17. The van der Waals surface area contributed by atoms with Gasteiger partial charge in [0.2, 0.25) is 5.89 Å². The SMILES string of the molecule is c1ccc2oc(CN3CCN(c4cn[nH]n4)CC3)nc2c1. The van der Waals surface area contributed by atoms with Gasteiger partial charge in [-0.15, -0.1) is 5.10 Å². The number of fused-ring (bicyclic) bond motifs is 1. The summed E-state index contributed by atoms with van der Waals surface area (Å²) in [5.41, 5.74) is 1.78. The zero-order valence-corrected chi connectivity index (χ0v) is 11.6. The first-order valence-electron chi connectivity index (χ1n) is 7.06. The zero-order chi connectivity index (χ0) is 14.1. The smallest absolute Gasteiger partial charge is 0.209 e. The van der Waals surface area contributed by atoms with Crippen LogP contribution < -0.4 is 4.90 Å². The monoisotopic (exact) mass is 284 g/mol. The van der Waals surface area contributed by atoms with Gasteiger partial charge in [-0.05, 0) is 12.1 Å². The molecule has 0 aliphatic carbocycles. The van der Waals surface area contributed by atoms with E-state index < -0.39 is 0 Å². The Hall–Kier alpha value is -2.41. The van der Waals surface area contributed by atoms with Crippen molar-refractivity contribution in [2.45, 2.75) is 6.54 Å². The highest BCUT2D eigenvalue weighted by atomic mass is 16.3. The number of aromatic amines is 1. The van der Waals surface area contributed by atoms with Crippen molar-refractivity contribution in [2.24, 2.45) is 0 Å². The van der Waals surface area contributed by atoms with E-state index in [9.17, 15) is 0 Å². The Bertz CT molecular complexity index is 681. The van der Waals surface area contributed by atoms with E-state index in [1.807, 2.05) is 24.3 Å². The first kappa shape index (κ1) is 12.3. The van der Waals surface area contributed by atoms with Crippen LogP contribution >= 0.6 is 0 Å². The Labute approximate surface area is 121 Å². The highest BCUT2D eigenvalue weighted by Crippen LogP contribution is 2.17. The number of hydrogen-bond donors (Lipinski definition) is 1. The van der Waals surface area contributed by atoms with Crippen molar-refractivity contribution in [3.63, 3.8) is 0 Å². The summed E-state index contributed by atoms with van der Waals surface area (Å²) in [6, 6.07) is 7.87. The standard InChI is InChI=1S/C14H16N6O/c1-2-4-12-11(3-1)16-14(21-12)10-19-5-7-20(8-6-19)13-9-15-18-17-13/h1-4,9H,5-8,10H2,(H,15,17,18). The van der Waals surface area contributed by atoms with Crippen molar-refractivity contribution in [1.82, 2.24) is 25.3 Å². The first-order valence-corrected chi connectivity index (χ1v) is 7.06. The molecule has 3 heterocycles. The predicted octanol–water partition coefficient (Wildman–Crippen LogP) is 1.27. The molecular formula is C14H16N6O. The van der Waals surface area contributed by atoms with Gasteiger partial charge in [0.25, 0.3) is 0 Å². The molecule has 1 aliphatic heterocycles. The average Bonchev–Trinajstić information content (AvgIpc) is 3.17. The van der Waals surface area contributed by atoms with E-state index in [0.717, 1.165) is 55.5 Å². The van der Waals surface area contributed by atoms with E-state index >= 15 is 0 Å². The van der Waals surface area contributed by atoms with Crippen molar-refractivity contribution in [1.29, 1.82) is 0 Å². The number of rotatable bonds is 3. The molecule has 0 saturated carbocycles. The third kappa shape index (κ3) is 2.47. The molecule has 1 fully saturated rings. The Balaban J connectivity index is 1.40. The predicted molar refractivity (Wildman–Crippen MR) is 77.9 cm³/mol. The number of nitrogens with zero attached hydrogens (tertiary/aromatic N) is 5. The van der Waals surface area contributed by atoms with Crippen LogP contribution in [0.5, 0.6) is 0 Å². The van der Waals surface area contributed by atoms with Gasteiger partial charge in [-0.1, -0.05) is 12.1 Å². The second-order valence-corrected chi connectivity index (χ2v) is 5.17. The van der Waals surface area contributed by atoms with Crippen molar-refractivity contribution >= 4 is 16.9 Å². The Morgan fingerprint density at radius 2 is 2.00 bits per heavy atom. The van der Waals surface area contributed by atoms with Crippen LogP contribution in [-0.4, -0.2) is 51.5 Å². The Morgan fingerprint density at radius 3 is 2.76 bits per heavy atom. The fourth-order valence-corrected chi connectivity index (χ4v) is 2.66. The highest BCUT2D eigenvalue weighted by molar-refractivity contribution is 5.72. The number of benzene rings is 1. The van der Waals surface area contributed by atoms with Gasteiger partial charge in [-0.2, -0.15) is 10.3 Å². The maximum Gasteiger partial charge on any atom is 0.209 e. The topological polar surface area (TPSA) is 74.1 Å². The molecule has 1 saturated heterocycles. The Kier molecular flexibility index (Phi) is 3.04. The van der Waals surface area contributed by atoms with Gasteiger partial charge in [0.15, 0.2) is 11.4 Å². The summed E-state index contributed by atoms with van der Waals surface area (Å²) < 4.78 is 5.78. The molecule has 0 atom stereocenters. The van der Waals surface area contributed by atoms with Crippen LogP contribution in [0.15, 0.2) is 34.9 Å². The summed E-state index contributed by atoms with van der Waals surface area (Å²) in [7, 11) is 0. The van der Waals surface area contributed by atoms with Crippen LogP contribution in [0.2, 0.25) is 0 Å². The number of nitrogens with one attached hydrogen (secondary N) is 1. The summed E-state index contributed by atoms with van der Waals surface area (Å²) in [6.45, 7) is 4.55. The van der Waals surface area contributed by atoms with Crippen molar-refractivity contribution in [3.05, 3.63) is 36.4 Å². The van der Waals surface area contributed by atoms with Crippen LogP contribution in [0.3, 0.4) is 0 Å². The lowest BCUT2D eigenvalue weighted by Gasteiger charge is -2.33. The second-order valence-electron chi connectivity index (χ2n) is 5.17. The van der Waals surface area contributed by atoms with Crippen molar-refractivity contribution in [2.75, 3.05) is 31.1 Å². The minimum Gasteiger partial charge on any atom is -0.439 e. The number of oxazole rings is 1. The van der Waals surface area contributed by atoms with Gasteiger partial charge in [0.05, 0.1) is 12.7 Å². The maximum absolute atomic E-state index is 5.78. The van der Waals surface area contributed by atoms with E-state index in [2.05, 4.69) is 30.2 Å². The largest absolute Gasteiger partial charge is 0.439 e. The number of H-pyrrole nitrogens is 1. The first-order chi connectivity index (χ1) is 10.4. The molecule has 0 amide bonds. The zero-order valence-electron chi connectivity index (χ0n) is 11.6. The summed E-state index contributed by atoms with van der Waals surface area (Å²) >= 11 is 0. The summed E-state index contributed by atoms with van der Waals surface area (Å²) in [5, 5.41) is 10.6. The Morgan fingerprint density at radius 1 is 1.14 bits per heavy atom. The normalized spacial score (nSPS) is 16.7. The molecule has 108 valence electrons. The summed E-state index contributed by atoms with van der Waals surface area (Å²) in [6.07, 6.45) is 1.76. The number of para-hydroxylation sites is 2. The maximum atomic E-state index is 5.78. The molecule has 1 N–H and O–H groups in total. The van der Waals surface area contributed by atoms with Crippen LogP contribution in [0, 0.1) is 0 Å². The van der Waals surface area contributed by atoms with Gasteiger partial charge < -0.3 is 9.32 Å². The van der Waals surface area contributed by atoms with Crippen molar-refractivity contribution < 1.29 is 4.42 Å². The minimum absolute atomic E-state index is 0.751. The summed E-state index contributed by atoms with van der Waals surface area (Å²) in [5.74, 6) is 1.70. The van der Waals surface area contributed by atoms with E-state index in [-0.39, 0.29) is 0 Å². The van der Waals surface area contributed by atoms with Crippen LogP contribution in [0.1, 0.15) is 5.89 Å². The number of aromatic nitrogens is 4. The highest BCUT2D eigenvalue weighted by Gasteiger charge is 2.20. The average molecular weight is 284 g/mol. The third-order valence-corrected chi connectivity index (χ3v) is 3.80. The molecule has 0 radical (unpaired) electrons. The lowest BCUT2D eigenvalue weighted by molar-refractivity contribution is 0.228. The number of piperazine rings is 1. The van der Waals surface area contributed by atoms with E-state index in [0.29, 0.717) is 0 Å². The lowest BCUT2D eigenvalue weighted by atomic mass is 10.3. The number of anilines is 1. The molecule has 1 aromatic carbocycles. The molecule has 3 aromatic rings. The fourth-order valence-electron chi connectivity index (χ4n) is 2.66. The van der Waals surface area contributed by atoms with Crippen LogP contribution in [0.4, 0.5) is 5.82 Å². The van der Waals surface area contributed by atoms with Gasteiger partial charge in [-0.3, -0.25) is 4.90 Å². The molecule has 0 spiro atoms. The fraction of sp³-hybridized carbons (Fsp3) is 0.357. The van der Waals surface area contributed by atoms with Gasteiger partial charge in [-0.25, -0.2) is 4.98 Å². The van der Waals surface area contributed by atoms with E-state index in [1.54, 1.807) is 6.20 Å². The van der Waals surface area contributed by atoms with Gasteiger partial charge in [0, 0.05) is 26.2 Å². The lowest BCUT2D eigenvalue weighted by Crippen LogP contribution is -2.46. The van der Waals surface area contributed by atoms with E-state index in [1.165, 1.54) is 0 Å². The van der Waals surface area contributed by atoms with Crippen LogP contribution in [0.25, 0.3) is 11.1 Å². The quantitative estimate of drug-likeness (QED) is 0.780. The minimum atomic E-state index is 0.751. The molecule has 0 unspecified atom stereocenters. The third-order valence-electron chi connectivity index (χ3n) is 3.80. The molecule has 4 rings (SSSR count). The molecule has 1 aliphatic rings. The molecule has 2 aromatic heterocycles. The molecule has 7 nitrogen and oxygen atoms in total. The molecule has 0 bridgehead atoms. The van der Waals surface area contributed by atoms with E-state index in [4.69, 9.17) is 4.42 Å². The molecular weight excluding hydrogens is 268 g/mol. The van der Waals surface area contributed by atoms with Gasteiger partial charge >= 0.3 is 0 Å². The number of hydrogen-bond acceptors (Lipinski definition) is 6. The molecule has 7 heteroatoms. The van der Waals surface area contributed by atoms with Crippen LogP contribution in [-0.2, 0) is 6.54 Å². The molecule has 21 heavy (non-hydrogen) atoms. The summed E-state index contributed by atoms with van der Waals surface area (Å²) in [4.78, 5) is 9.10. The van der Waals surface area contributed by atoms with Crippen molar-refractivity contribution in [3.8, 4) is 0 Å².